The fourth-order valence-electron chi connectivity index (χ4n) is 1.42. The Hall–Kier alpha value is -1.13. The number of carbonyl (C=O) groups excluding carboxylic acids is 1. The quantitative estimate of drug-likeness (QED) is 0.634. The maximum atomic E-state index is 11.8. The van der Waals surface area contributed by atoms with E-state index >= 15 is 0 Å². The van der Waals surface area contributed by atoms with Crippen molar-refractivity contribution in [3.8, 4) is 17.5 Å². The monoisotopic (exact) mass is 375 g/mol. The van der Waals surface area contributed by atoms with E-state index in [1.54, 1.807) is 24.4 Å². The zero-order valence-corrected chi connectivity index (χ0v) is 13.0. The molecular weight excluding hydrogens is 373 g/mol. The molecule has 1 aromatic heterocycles. The molecule has 0 unspecified atom stereocenters. The van der Waals surface area contributed by atoms with Crippen molar-refractivity contribution in [3.05, 3.63) is 37.0 Å². The predicted molar refractivity (Wildman–Crippen MR) is 78.3 cm³/mol. The fraction of sp³-hybridized carbons (Fsp3) is 0. The summed E-state index contributed by atoms with van der Waals surface area (Å²) >= 11 is 16.3. The molecule has 1 heterocycles. The standard InChI is InChI=1S/C11H4BrCl2N3OS/c12-11-17-8(9(19-11)10(18)16-4-15)6-2-1-5(13)3-7(6)14/h1-3H,(H,16,18). The van der Waals surface area contributed by atoms with Crippen molar-refractivity contribution in [2.75, 3.05) is 0 Å². The van der Waals surface area contributed by atoms with E-state index in [4.69, 9.17) is 28.5 Å². The van der Waals surface area contributed by atoms with E-state index in [2.05, 4.69) is 26.2 Å². The molecular formula is C11H4BrCl2N3OS. The van der Waals surface area contributed by atoms with Gasteiger partial charge in [-0.25, -0.2) is 4.98 Å². The summed E-state index contributed by atoms with van der Waals surface area (Å²) in [6.07, 6.45) is 1.59. The summed E-state index contributed by atoms with van der Waals surface area (Å²) in [5, 5.41) is 11.4. The number of hydrogen-bond acceptors (Lipinski definition) is 4. The largest absolute Gasteiger partial charge is 0.276 e. The highest BCUT2D eigenvalue weighted by molar-refractivity contribution is 9.11. The topological polar surface area (TPSA) is 65.8 Å². The third-order valence-corrected chi connectivity index (χ3v) is 4.22. The molecule has 0 saturated heterocycles. The number of nitrogens with one attached hydrogen (secondary N) is 1. The lowest BCUT2D eigenvalue weighted by Gasteiger charge is -2.03. The van der Waals surface area contributed by atoms with Gasteiger partial charge in [-0.2, -0.15) is 5.26 Å². The van der Waals surface area contributed by atoms with Crippen molar-refractivity contribution in [1.82, 2.24) is 10.3 Å². The third kappa shape index (κ3) is 3.07. The van der Waals surface area contributed by atoms with Crippen molar-refractivity contribution in [2.24, 2.45) is 0 Å². The molecule has 0 spiro atoms. The number of aromatic nitrogens is 1. The Morgan fingerprint density at radius 1 is 1.47 bits per heavy atom. The highest BCUT2D eigenvalue weighted by Crippen LogP contribution is 2.36. The molecule has 4 nitrogen and oxygen atoms in total. The highest BCUT2D eigenvalue weighted by atomic mass is 79.9. The molecule has 0 aliphatic rings. The number of nitriles is 1. The van der Waals surface area contributed by atoms with Crippen LogP contribution in [0.2, 0.25) is 10.0 Å². The Labute approximate surface area is 131 Å². The zero-order chi connectivity index (χ0) is 14.0. The van der Waals surface area contributed by atoms with Crippen LogP contribution in [-0.2, 0) is 0 Å². The molecule has 0 radical (unpaired) electrons. The van der Waals surface area contributed by atoms with Crippen LogP contribution in [0.1, 0.15) is 9.67 Å². The summed E-state index contributed by atoms with van der Waals surface area (Å²) in [6.45, 7) is 0. The molecule has 8 heteroatoms. The minimum absolute atomic E-state index is 0.303. The summed E-state index contributed by atoms with van der Waals surface area (Å²) in [5.41, 5.74) is 0.988. The maximum Gasteiger partial charge on any atom is 0.276 e. The van der Waals surface area contributed by atoms with Crippen LogP contribution in [0.3, 0.4) is 0 Å². The molecule has 0 bridgehead atoms. The van der Waals surface area contributed by atoms with Gasteiger partial charge in [-0.3, -0.25) is 10.1 Å². The molecule has 0 aliphatic heterocycles. The second kappa shape index (κ2) is 5.88. The summed E-state index contributed by atoms with van der Waals surface area (Å²) in [5.74, 6) is -0.522. The van der Waals surface area contributed by atoms with Crippen molar-refractivity contribution in [3.63, 3.8) is 0 Å². The van der Waals surface area contributed by atoms with Gasteiger partial charge in [0.2, 0.25) is 0 Å². The van der Waals surface area contributed by atoms with Crippen LogP contribution in [0.4, 0.5) is 0 Å². The number of benzene rings is 1. The van der Waals surface area contributed by atoms with E-state index < -0.39 is 5.91 Å². The number of thiazole rings is 1. The van der Waals surface area contributed by atoms with Crippen molar-refractivity contribution >= 4 is 56.4 Å². The molecule has 0 aliphatic carbocycles. The number of nitrogens with zero attached hydrogens (tertiary/aromatic N) is 2. The first-order valence-electron chi connectivity index (χ1n) is 4.84. The molecule has 2 rings (SSSR count). The normalized spacial score (nSPS) is 10.0. The number of hydrogen-bond donors (Lipinski definition) is 1. The minimum atomic E-state index is -0.522. The molecule has 96 valence electrons. The lowest BCUT2D eigenvalue weighted by molar-refractivity contribution is 0.0977. The first kappa shape index (κ1) is 14.3. The van der Waals surface area contributed by atoms with Gasteiger partial charge in [-0.1, -0.05) is 23.2 Å². The molecule has 2 aromatic rings. The van der Waals surface area contributed by atoms with Crippen LogP contribution >= 0.6 is 50.5 Å². The Morgan fingerprint density at radius 2 is 2.21 bits per heavy atom. The van der Waals surface area contributed by atoms with E-state index in [-0.39, 0.29) is 0 Å². The predicted octanol–water partition coefficient (Wildman–Crippen LogP) is 4.09. The Balaban J connectivity index is 2.56. The summed E-state index contributed by atoms with van der Waals surface area (Å²) in [7, 11) is 0. The Kier molecular flexibility index (Phi) is 4.42. The lowest BCUT2D eigenvalue weighted by atomic mass is 10.1. The number of rotatable bonds is 2. The minimum Gasteiger partial charge on any atom is -0.267 e. The molecule has 0 atom stereocenters. The van der Waals surface area contributed by atoms with E-state index in [1.807, 2.05) is 0 Å². The van der Waals surface area contributed by atoms with Gasteiger partial charge in [0.05, 0.1) is 10.7 Å². The first-order valence-corrected chi connectivity index (χ1v) is 7.20. The van der Waals surface area contributed by atoms with E-state index in [1.165, 1.54) is 0 Å². The molecule has 1 N–H and O–H groups in total. The molecule has 0 fully saturated rings. The van der Waals surface area contributed by atoms with Gasteiger partial charge in [-0.05, 0) is 34.1 Å². The maximum absolute atomic E-state index is 11.8. The average Bonchev–Trinajstić information content (AvgIpc) is 2.71. The first-order chi connectivity index (χ1) is 9.02. The van der Waals surface area contributed by atoms with Gasteiger partial charge >= 0.3 is 0 Å². The second-order valence-corrected chi connectivity index (χ2v) is 6.45. The fourth-order valence-corrected chi connectivity index (χ4v) is 3.28. The SMILES string of the molecule is N#CNC(=O)c1sc(Br)nc1-c1ccc(Cl)cc1Cl. The van der Waals surface area contributed by atoms with Crippen LogP contribution < -0.4 is 5.32 Å². The zero-order valence-electron chi connectivity index (χ0n) is 9.08. The Bertz CT molecular complexity index is 696. The van der Waals surface area contributed by atoms with Gasteiger partial charge in [-0.15, -0.1) is 11.3 Å². The smallest absolute Gasteiger partial charge is 0.267 e. The van der Waals surface area contributed by atoms with E-state index in [0.717, 1.165) is 11.3 Å². The summed E-state index contributed by atoms with van der Waals surface area (Å²) in [6, 6.07) is 4.90. The molecule has 1 amide bonds. The van der Waals surface area contributed by atoms with Gasteiger partial charge in [0, 0.05) is 10.6 Å². The number of carbonyl (C=O) groups is 1. The molecule has 0 saturated carbocycles. The number of halogens is 3. The van der Waals surface area contributed by atoms with Crippen LogP contribution in [0, 0.1) is 11.5 Å². The Morgan fingerprint density at radius 3 is 2.84 bits per heavy atom. The average molecular weight is 377 g/mol. The lowest BCUT2D eigenvalue weighted by Crippen LogP contribution is -2.16. The van der Waals surface area contributed by atoms with Crippen LogP contribution in [0.5, 0.6) is 0 Å². The van der Waals surface area contributed by atoms with Crippen molar-refractivity contribution in [1.29, 1.82) is 5.26 Å². The summed E-state index contributed by atoms with van der Waals surface area (Å²) in [4.78, 5) is 16.3. The third-order valence-electron chi connectivity index (χ3n) is 2.16. The summed E-state index contributed by atoms with van der Waals surface area (Å²) < 4.78 is 0.525. The van der Waals surface area contributed by atoms with Crippen molar-refractivity contribution < 1.29 is 4.79 Å². The van der Waals surface area contributed by atoms with Gasteiger partial charge < -0.3 is 0 Å². The second-order valence-electron chi connectivity index (χ2n) is 3.33. The van der Waals surface area contributed by atoms with Crippen LogP contribution in [0.25, 0.3) is 11.3 Å². The van der Waals surface area contributed by atoms with E-state index in [9.17, 15) is 4.79 Å². The van der Waals surface area contributed by atoms with E-state index in [0.29, 0.717) is 30.1 Å². The van der Waals surface area contributed by atoms with Crippen LogP contribution in [-0.4, -0.2) is 10.9 Å². The highest BCUT2D eigenvalue weighted by Gasteiger charge is 2.20. The van der Waals surface area contributed by atoms with Crippen molar-refractivity contribution in [2.45, 2.75) is 0 Å². The van der Waals surface area contributed by atoms with Gasteiger partial charge in [0.15, 0.2) is 10.1 Å². The van der Waals surface area contributed by atoms with Gasteiger partial charge in [0.1, 0.15) is 4.88 Å². The molecule has 19 heavy (non-hydrogen) atoms. The van der Waals surface area contributed by atoms with Crippen LogP contribution in [0.15, 0.2) is 22.1 Å². The molecule has 1 aromatic carbocycles. The number of amides is 1. The van der Waals surface area contributed by atoms with Gasteiger partial charge in [0.25, 0.3) is 5.91 Å².